The lowest BCUT2D eigenvalue weighted by Gasteiger charge is -2.16. The van der Waals surface area contributed by atoms with Crippen LogP contribution in [0.5, 0.6) is 5.75 Å². The Morgan fingerprint density at radius 3 is 2.75 bits per heavy atom. The minimum absolute atomic E-state index is 0.0594. The van der Waals surface area contributed by atoms with E-state index in [0.717, 1.165) is 16.3 Å². The van der Waals surface area contributed by atoms with Crippen LogP contribution >= 0.6 is 0 Å². The molecule has 0 amide bonds. The molecule has 1 atom stereocenters. The molecule has 0 aromatic heterocycles. The maximum absolute atomic E-state index is 8.92. The van der Waals surface area contributed by atoms with E-state index in [-0.39, 0.29) is 12.7 Å². The van der Waals surface area contributed by atoms with Gasteiger partial charge < -0.3 is 14.6 Å². The van der Waals surface area contributed by atoms with Crippen molar-refractivity contribution < 1.29 is 14.6 Å². The summed E-state index contributed by atoms with van der Waals surface area (Å²) in [7, 11) is 1.65. The van der Waals surface area contributed by atoms with Crippen LogP contribution in [0.4, 0.5) is 0 Å². The lowest BCUT2D eigenvalue weighted by atomic mass is 10.0. The molecule has 0 fully saturated rings. The van der Waals surface area contributed by atoms with E-state index < -0.39 is 0 Å². The van der Waals surface area contributed by atoms with Crippen molar-refractivity contribution in [2.24, 2.45) is 0 Å². The van der Waals surface area contributed by atoms with Crippen molar-refractivity contribution in [3.63, 3.8) is 0 Å². The second-order valence-electron chi connectivity index (χ2n) is 4.50. The van der Waals surface area contributed by atoms with E-state index in [1.54, 1.807) is 7.11 Å². The number of ether oxygens (including phenoxy) is 2. The van der Waals surface area contributed by atoms with Crippen LogP contribution in [0.3, 0.4) is 0 Å². The summed E-state index contributed by atoms with van der Waals surface area (Å²) in [6.07, 6.45) is -0.0594. The number of aliphatic hydroxyl groups is 1. The van der Waals surface area contributed by atoms with Gasteiger partial charge in [-0.3, -0.25) is 0 Å². The topological polar surface area (TPSA) is 38.7 Å². The van der Waals surface area contributed by atoms with Crippen LogP contribution in [0.15, 0.2) is 36.4 Å². The van der Waals surface area contributed by atoms with Gasteiger partial charge in [0.25, 0.3) is 0 Å². The van der Waals surface area contributed by atoms with Crippen molar-refractivity contribution in [3.05, 3.63) is 42.0 Å². The molecule has 104 valence electrons. The van der Waals surface area contributed by atoms with Crippen molar-refractivity contribution in [1.82, 2.24) is 0 Å². The molecule has 0 heterocycles. The highest BCUT2D eigenvalue weighted by molar-refractivity contribution is 5.90. The van der Waals surface area contributed by atoms with Gasteiger partial charge in [0.2, 0.25) is 0 Å². The van der Waals surface area contributed by atoms with Crippen LogP contribution in [0, 0.1) is 11.8 Å². The zero-order chi connectivity index (χ0) is 14.4. The second kappa shape index (κ2) is 6.95. The summed E-state index contributed by atoms with van der Waals surface area (Å²) >= 11 is 0. The first-order valence-corrected chi connectivity index (χ1v) is 6.53. The Hall–Kier alpha value is -2.02. The standard InChI is InChI=1S/C17H18O3/c1-13(12-19-2)20-17-10-9-14-6-3-4-7-15(14)16(17)8-5-11-18/h3-4,6-7,9-10,13,18H,11-12H2,1-2H3. The number of aliphatic hydroxyl groups excluding tert-OH is 1. The Morgan fingerprint density at radius 1 is 1.20 bits per heavy atom. The molecule has 0 aliphatic heterocycles. The van der Waals surface area contributed by atoms with Crippen molar-refractivity contribution in [3.8, 4) is 17.6 Å². The predicted octanol–water partition coefficient (Wildman–Crippen LogP) is 2.60. The summed E-state index contributed by atoms with van der Waals surface area (Å²) in [6.45, 7) is 2.29. The van der Waals surface area contributed by atoms with Crippen LogP contribution in [0.1, 0.15) is 12.5 Å². The van der Waals surface area contributed by atoms with Crippen molar-refractivity contribution in [1.29, 1.82) is 0 Å². The van der Waals surface area contributed by atoms with E-state index in [4.69, 9.17) is 14.6 Å². The van der Waals surface area contributed by atoms with E-state index in [9.17, 15) is 0 Å². The summed E-state index contributed by atoms with van der Waals surface area (Å²) in [4.78, 5) is 0. The van der Waals surface area contributed by atoms with Gasteiger partial charge in [-0.15, -0.1) is 0 Å². The highest BCUT2D eigenvalue weighted by Gasteiger charge is 2.10. The molecule has 0 saturated heterocycles. The molecule has 0 saturated carbocycles. The van der Waals surface area contributed by atoms with Gasteiger partial charge in [0, 0.05) is 12.5 Å². The minimum Gasteiger partial charge on any atom is -0.487 e. The molecule has 20 heavy (non-hydrogen) atoms. The maximum Gasteiger partial charge on any atom is 0.136 e. The van der Waals surface area contributed by atoms with Gasteiger partial charge in [-0.1, -0.05) is 42.2 Å². The van der Waals surface area contributed by atoms with E-state index in [2.05, 4.69) is 11.8 Å². The summed E-state index contributed by atoms with van der Waals surface area (Å²) in [5.74, 6) is 6.40. The number of hydrogen-bond acceptors (Lipinski definition) is 3. The Morgan fingerprint density at radius 2 is 2.00 bits per heavy atom. The molecule has 3 nitrogen and oxygen atoms in total. The van der Waals surface area contributed by atoms with Crippen molar-refractivity contribution in [2.75, 3.05) is 20.3 Å². The first-order valence-electron chi connectivity index (χ1n) is 6.53. The third-order valence-corrected chi connectivity index (χ3v) is 2.91. The zero-order valence-electron chi connectivity index (χ0n) is 11.7. The Kier molecular flexibility index (Phi) is 5.00. The largest absolute Gasteiger partial charge is 0.487 e. The van der Waals surface area contributed by atoms with E-state index in [1.165, 1.54) is 0 Å². The lowest BCUT2D eigenvalue weighted by Crippen LogP contribution is -2.18. The maximum atomic E-state index is 8.92. The van der Waals surface area contributed by atoms with Gasteiger partial charge in [-0.2, -0.15) is 0 Å². The summed E-state index contributed by atoms with van der Waals surface area (Å²) < 4.78 is 11.0. The van der Waals surface area contributed by atoms with Crippen LogP contribution in [-0.4, -0.2) is 31.5 Å². The molecule has 1 unspecified atom stereocenters. The molecule has 0 aliphatic carbocycles. The second-order valence-corrected chi connectivity index (χ2v) is 4.50. The number of rotatable bonds is 4. The van der Waals surface area contributed by atoms with Crippen molar-refractivity contribution in [2.45, 2.75) is 13.0 Å². The molecule has 0 spiro atoms. The van der Waals surface area contributed by atoms with Gasteiger partial charge in [-0.25, -0.2) is 0 Å². The average molecular weight is 270 g/mol. The fourth-order valence-electron chi connectivity index (χ4n) is 2.09. The van der Waals surface area contributed by atoms with E-state index in [1.807, 2.05) is 43.3 Å². The smallest absolute Gasteiger partial charge is 0.136 e. The van der Waals surface area contributed by atoms with E-state index >= 15 is 0 Å². The van der Waals surface area contributed by atoms with Crippen LogP contribution < -0.4 is 4.74 Å². The van der Waals surface area contributed by atoms with Crippen LogP contribution in [-0.2, 0) is 4.74 Å². The summed E-state index contributed by atoms with van der Waals surface area (Å²) in [6, 6.07) is 11.9. The number of hydrogen-bond donors (Lipinski definition) is 1. The number of fused-ring (bicyclic) bond motifs is 1. The quantitative estimate of drug-likeness (QED) is 0.868. The fraction of sp³-hybridized carbons (Fsp3) is 0.294. The number of methoxy groups -OCH3 is 1. The first kappa shape index (κ1) is 14.4. The van der Waals surface area contributed by atoms with Gasteiger partial charge in [-0.05, 0) is 18.4 Å². The Balaban J connectivity index is 2.47. The Labute approximate surface area is 119 Å². The zero-order valence-corrected chi connectivity index (χ0v) is 11.7. The first-order chi connectivity index (χ1) is 9.76. The third kappa shape index (κ3) is 3.30. The van der Waals surface area contributed by atoms with Gasteiger partial charge in [0.05, 0.1) is 12.2 Å². The Bertz CT molecular complexity index is 637. The molecule has 2 aromatic rings. The predicted molar refractivity (Wildman–Crippen MR) is 79.9 cm³/mol. The molecular formula is C17H18O3. The van der Waals surface area contributed by atoms with Gasteiger partial charge in [0.15, 0.2) is 0 Å². The molecule has 2 rings (SSSR count). The molecule has 1 N–H and O–H groups in total. The molecule has 0 bridgehead atoms. The lowest BCUT2D eigenvalue weighted by molar-refractivity contribution is 0.0920. The highest BCUT2D eigenvalue weighted by atomic mass is 16.5. The summed E-state index contributed by atoms with van der Waals surface area (Å²) in [5.41, 5.74) is 0.806. The monoisotopic (exact) mass is 270 g/mol. The molecular weight excluding hydrogens is 252 g/mol. The number of benzene rings is 2. The van der Waals surface area contributed by atoms with Crippen LogP contribution in [0.25, 0.3) is 10.8 Å². The third-order valence-electron chi connectivity index (χ3n) is 2.91. The normalized spacial score (nSPS) is 11.8. The molecule has 0 radical (unpaired) electrons. The average Bonchev–Trinajstić information content (AvgIpc) is 2.46. The summed E-state index contributed by atoms with van der Waals surface area (Å²) in [5, 5.41) is 11.0. The van der Waals surface area contributed by atoms with Crippen molar-refractivity contribution >= 4 is 10.8 Å². The van der Waals surface area contributed by atoms with Gasteiger partial charge >= 0.3 is 0 Å². The molecule has 3 heteroatoms. The molecule has 0 aliphatic rings. The van der Waals surface area contributed by atoms with E-state index in [0.29, 0.717) is 12.4 Å². The SMILES string of the molecule is COCC(C)Oc1ccc2ccccc2c1C#CCO. The fourth-order valence-corrected chi connectivity index (χ4v) is 2.09. The van der Waals surface area contributed by atoms with Gasteiger partial charge in [0.1, 0.15) is 18.5 Å². The minimum atomic E-state index is -0.170. The molecule has 2 aromatic carbocycles. The highest BCUT2D eigenvalue weighted by Crippen LogP contribution is 2.28. The van der Waals surface area contributed by atoms with Crippen LogP contribution in [0.2, 0.25) is 0 Å².